The molecule has 0 aliphatic carbocycles. The fourth-order valence-electron chi connectivity index (χ4n) is 2.69. The summed E-state index contributed by atoms with van der Waals surface area (Å²) in [5, 5.41) is 10.8. The lowest BCUT2D eigenvalue weighted by Gasteiger charge is -2.03. The maximum Gasteiger partial charge on any atom is 0.216 e. The number of unbranched alkanes of at least 4 members (excludes halogenated alkanes) is 6. The monoisotopic (exact) mass is 272 g/mol. The highest BCUT2D eigenvalue weighted by molar-refractivity contribution is 5.76. The summed E-state index contributed by atoms with van der Waals surface area (Å²) in [7, 11) is 0. The van der Waals surface area contributed by atoms with Crippen LogP contribution in [-0.4, -0.2) is 5.11 Å². The van der Waals surface area contributed by atoms with Crippen molar-refractivity contribution in [2.75, 3.05) is 0 Å². The van der Waals surface area contributed by atoms with Crippen LogP contribution in [-0.2, 0) is 6.54 Å². The molecule has 0 amide bonds. The highest BCUT2D eigenvalue weighted by Gasteiger charge is 2.08. The van der Waals surface area contributed by atoms with E-state index in [1.165, 1.54) is 50.3 Å². The maximum atomic E-state index is 9.63. The summed E-state index contributed by atoms with van der Waals surface area (Å²) in [5.74, 6) is 0.344. The number of phenolic OH excluding ortho intramolecular Hbond substituents is 1. The van der Waals surface area contributed by atoms with Crippen LogP contribution in [0.15, 0.2) is 36.5 Å². The molecule has 0 fully saturated rings. The molecule has 2 rings (SSSR count). The highest BCUT2D eigenvalue weighted by atomic mass is 16.3. The molecule has 2 nitrogen and oxygen atoms in total. The molecule has 0 aliphatic rings. The molecule has 0 aliphatic heterocycles. The molecular weight excluding hydrogens is 246 g/mol. The van der Waals surface area contributed by atoms with Gasteiger partial charge in [0, 0.05) is 17.9 Å². The van der Waals surface area contributed by atoms with E-state index in [0.717, 1.165) is 12.1 Å². The van der Waals surface area contributed by atoms with Crippen molar-refractivity contribution in [3.05, 3.63) is 36.5 Å². The fourth-order valence-corrected chi connectivity index (χ4v) is 2.69. The summed E-state index contributed by atoms with van der Waals surface area (Å²) in [5.41, 5.74) is 1.12. The molecule has 108 valence electrons. The maximum absolute atomic E-state index is 9.63. The number of aromatic hydroxyl groups is 1. The number of rotatable bonds is 8. The lowest BCUT2D eigenvalue weighted by molar-refractivity contribution is -0.671. The number of aromatic nitrogens is 1. The Bertz CT molecular complexity index is 536. The van der Waals surface area contributed by atoms with Gasteiger partial charge in [-0.15, -0.1) is 0 Å². The highest BCUT2D eigenvalue weighted by Crippen LogP contribution is 2.16. The van der Waals surface area contributed by atoms with Gasteiger partial charge in [0.05, 0.1) is 6.07 Å². The third-order valence-electron chi connectivity index (χ3n) is 3.87. The van der Waals surface area contributed by atoms with Gasteiger partial charge in [-0.1, -0.05) is 39.0 Å². The standard InChI is InChI=1S/C18H25NO/c1-2-3-4-5-6-7-8-13-19-14-9-10-16-11-12-17(20)15-18(16)19/h9-12,14-15H,2-8,13H2,1H3/p+1. The van der Waals surface area contributed by atoms with Gasteiger partial charge in [0.2, 0.25) is 5.52 Å². The van der Waals surface area contributed by atoms with Crippen LogP contribution in [0.1, 0.15) is 51.9 Å². The van der Waals surface area contributed by atoms with E-state index in [0.29, 0.717) is 5.75 Å². The second kappa shape index (κ2) is 7.88. The Labute approximate surface area is 122 Å². The zero-order valence-corrected chi connectivity index (χ0v) is 12.5. The lowest BCUT2D eigenvalue weighted by Crippen LogP contribution is -2.33. The van der Waals surface area contributed by atoms with Crippen LogP contribution in [0.2, 0.25) is 0 Å². The van der Waals surface area contributed by atoms with Crippen LogP contribution in [0, 0.1) is 0 Å². The number of fused-ring (bicyclic) bond motifs is 1. The number of aryl methyl sites for hydroxylation is 1. The van der Waals surface area contributed by atoms with Crippen molar-refractivity contribution >= 4 is 10.9 Å². The normalized spacial score (nSPS) is 11.1. The molecule has 2 heteroatoms. The third kappa shape index (κ3) is 4.22. The Hall–Kier alpha value is -1.57. The number of hydrogen-bond donors (Lipinski definition) is 1. The van der Waals surface area contributed by atoms with Crippen molar-refractivity contribution in [1.82, 2.24) is 0 Å². The van der Waals surface area contributed by atoms with Crippen LogP contribution >= 0.6 is 0 Å². The van der Waals surface area contributed by atoms with Crippen molar-refractivity contribution in [2.45, 2.75) is 58.4 Å². The minimum absolute atomic E-state index is 0.344. The molecule has 0 bridgehead atoms. The van der Waals surface area contributed by atoms with Crippen molar-refractivity contribution < 1.29 is 9.67 Å². The minimum atomic E-state index is 0.344. The van der Waals surface area contributed by atoms with E-state index in [1.807, 2.05) is 12.1 Å². The number of benzene rings is 1. The van der Waals surface area contributed by atoms with E-state index < -0.39 is 0 Å². The van der Waals surface area contributed by atoms with Crippen molar-refractivity contribution in [3.8, 4) is 5.75 Å². The molecule has 1 aromatic heterocycles. The first-order valence-electron chi connectivity index (χ1n) is 7.92. The number of phenols is 1. The Morgan fingerprint density at radius 2 is 1.70 bits per heavy atom. The van der Waals surface area contributed by atoms with Crippen molar-refractivity contribution in [2.24, 2.45) is 0 Å². The molecule has 0 atom stereocenters. The van der Waals surface area contributed by atoms with Crippen LogP contribution < -0.4 is 4.57 Å². The molecule has 2 aromatic rings. The average Bonchev–Trinajstić information content (AvgIpc) is 2.46. The van der Waals surface area contributed by atoms with Crippen molar-refractivity contribution in [1.29, 1.82) is 0 Å². The summed E-state index contributed by atoms with van der Waals surface area (Å²) in [6.45, 7) is 3.29. The third-order valence-corrected chi connectivity index (χ3v) is 3.87. The predicted molar refractivity (Wildman–Crippen MR) is 83.8 cm³/mol. The van der Waals surface area contributed by atoms with Crippen LogP contribution in [0.25, 0.3) is 10.9 Å². The van der Waals surface area contributed by atoms with E-state index in [-0.39, 0.29) is 0 Å². The Balaban J connectivity index is 1.85. The first kappa shape index (κ1) is 14.8. The quantitative estimate of drug-likeness (QED) is 0.552. The summed E-state index contributed by atoms with van der Waals surface area (Å²) >= 11 is 0. The van der Waals surface area contributed by atoms with Crippen molar-refractivity contribution in [3.63, 3.8) is 0 Å². The second-order valence-electron chi connectivity index (χ2n) is 5.57. The molecule has 0 spiro atoms. The van der Waals surface area contributed by atoms with E-state index in [1.54, 1.807) is 6.07 Å². The predicted octanol–water partition coefficient (Wildman–Crippen LogP) is 4.58. The Morgan fingerprint density at radius 3 is 2.50 bits per heavy atom. The molecule has 1 aromatic carbocycles. The number of nitrogens with zero attached hydrogens (tertiary/aromatic N) is 1. The summed E-state index contributed by atoms with van der Waals surface area (Å²) in [6, 6.07) is 9.76. The molecule has 0 saturated carbocycles. The number of hydrogen-bond acceptors (Lipinski definition) is 1. The first-order chi connectivity index (χ1) is 9.81. The first-order valence-corrected chi connectivity index (χ1v) is 7.92. The van der Waals surface area contributed by atoms with Gasteiger partial charge in [-0.25, -0.2) is 0 Å². The lowest BCUT2D eigenvalue weighted by atomic mass is 10.1. The Morgan fingerprint density at radius 1 is 0.950 bits per heavy atom. The van der Waals surface area contributed by atoms with E-state index in [2.05, 4.69) is 29.8 Å². The molecular formula is C18H26NO+. The second-order valence-corrected chi connectivity index (χ2v) is 5.57. The van der Waals surface area contributed by atoms with Gasteiger partial charge < -0.3 is 5.11 Å². The largest absolute Gasteiger partial charge is 0.508 e. The van der Waals surface area contributed by atoms with E-state index in [9.17, 15) is 5.11 Å². The summed E-state index contributed by atoms with van der Waals surface area (Å²) < 4.78 is 2.25. The molecule has 20 heavy (non-hydrogen) atoms. The molecule has 1 N–H and O–H groups in total. The van der Waals surface area contributed by atoms with Gasteiger partial charge in [0.1, 0.15) is 12.3 Å². The number of pyridine rings is 1. The molecule has 0 unspecified atom stereocenters. The zero-order chi connectivity index (χ0) is 14.2. The van der Waals surface area contributed by atoms with E-state index in [4.69, 9.17) is 0 Å². The summed E-state index contributed by atoms with van der Waals surface area (Å²) in [4.78, 5) is 0. The van der Waals surface area contributed by atoms with Crippen LogP contribution in [0.5, 0.6) is 5.75 Å². The van der Waals surface area contributed by atoms with Gasteiger partial charge in [-0.05, 0) is 24.6 Å². The SMILES string of the molecule is CCCCCCCCC[n+]1cccc2ccc(O)cc21. The molecule has 1 heterocycles. The molecule has 0 radical (unpaired) electrons. The fraction of sp³-hybridized carbons (Fsp3) is 0.500. The Kier molecular flexibility index (Phi) is 5.85. The van der Waals surface area contributed by atoms with Crippen LogP contribution in [0.4, 0.5) is 0 Å². The van der Waals surface area contributed by atoms with Gasteiger partial charge >= 0.3 is 0 Å². The van der Waals surface area contributed by atoms with Gasteiger partial charge in [-0.3, -0.25) is 0 Å². The molecule has 0 saturated heterocycles. The smallest absolute Gasteiger partial charge is 0.216 e. The topological polar surface area (TPSA) is 24.1 Å². The average molecular weight is 272 g/mol. The van der Waals surface area contributed by atoms with Gasteiger partial charge in [0.25, 0.3) is 0 Å². The van der Waals surface area contributed by atoms with E-state index >= 15 is 0 Å². The zero-order valence-electron chi connectivity index (χ0n) is 12.5. The minimum Gasteiger partial charge on any atom is -0.508 e. The summed E-state index contributed by atoms with van der Waals surface area (Å²) in [6.07, 6.45) is 11.4. The van der Waals surface area contributed by atoms with Crippen LogP contribution in [0.3, 0.4) is 0 Å². The van der Waals surface area contributed by atoms with Gasteiger partial charge in [-0.2, -0.15) is 4.57 Å². The van der Waals surface area contributed by atoms with Gasteiger partial charge in [0.15, 0.2) is 6.20 Å².